The van der Waals surface area contributed by atoms with E-state index in [1.54, 1.807) is 11.6 Å². The molecule has 8 nitrogen and oxygen atoms in total. The molecule has 0 spiro atoms. The van der Waals surface area contributed by atoms with Crippen molar-refractivity contribution in [1.82, 2.24) is 24.3 Å². The first-order valence-corrected chi connectivity index (χ1v) is 11.2. The third-order valence-electron chi connectivity index (χ3n) is 7.03. The molecule has 2 aliphatic heterocycles. The topological polar surface area (TPSA) is 79.6 Å². The Bertz CT molecular complexity index is 1050. The lowest BCUT2D eigenvalue weighted by atomic mass is 10.0. The summed E-state index contributed by atoms with van der Waals surface area (Å²) in [7, 11) is 3.96. The lowest BCUT2D eigenvalue weighted by Crippen LogP contribution is -2.45. The number of imide groups is 1. The largest absolute Gasteiger partial charge is 0.329 e. The molecule has 2 fully saturated rings. The van der Waals surface area contributed by atoms with Crippen LogP contribution in [0, 0.1) is 0 Å². The first kappa shape index (κ1) is 21.8. The van der Waals surface area contributed by atoms with Crippen molar-refractivity contribution in [1.29, 1.82) is 0 Å². The molecule has 0 bridgehead atoms. The standard InChI is InChI=1S/C23H33N5O3/c1-15(2)25(3)17-9-11-27(12-10-17)14-16-5-6-18-20(13-16)26(4)23(31)28(18)19-7-8-21(29)24-22(19)30/h5-6,13,15,17,19H,7-12,14H2,1-4H3,(H,24,29,30). The maximum atomic E-state index is 12.9. The highest BCUT2D eigenvalue weighted by molar-refractivity contribution is 6.00. The molecule has 8 heteroatoms. The molecule has 31 heavy (non-hydrogen) atoms. The van der Waals surface area contributed by atoms with Gasteiger partial charge in [0.25, 0.3) is 0 Å². The highest BCUT2D eigenvalue weighted by Gasteiger charge is 2.31. The van der Waals surface area contributed by atoms with Gasteiger partial charge in [-0.3, -0.25) is 28.9 Å². The zero-order valence-corrected chi connectivity index (χ0v) is 18.9. The monoisotopic (exact) mass is 427 g/mol. The lowest BCUT2D eigenvalue weighted by Gasteiger charge is -2.38. The summed E-state index contributed by atoms with van der Waals surface area (Å²) in [5.41, 5.74) is 2.50. The summed E-state index contributed by atoms with van der Waals surface area (Å²) in [5.74, 6) is -0.677. The van der Waals surface area contributed by atoms with Crippen LogP contribution >= 0.6 is 0 Å². The number of hydrogen-bond donors (Lipinski definition) is 1. The Morgan fingerprint density at radius 1 is 1.10 bits per heavy atom. The van der Waals surface area contributed by atoms with Crippen molar-refractivity contribution in [3.05, 3.63) is 34.2 Å². The van der Waals surface area contributed by atoms with E-state index >= 15 is 0 Å². The molecule has 2 amide bonds. The van der Waals surface area contributed by atoms with Gasteiger partial charge in [0.1, 0.15) is 6.04 Å². The van der Waals surface area contributed by atoms with Crippen LogP contribution in [-0.4, -0.2) is 63.0 Å². The number of fused-ring (bicyclic) bond motifs is 1. The molecule has 0 radical (unpaired) electrons. The van der Waals surface area contributed by atoms with E-state index in [0.29, 0.717) is 18.5 Å². The predicted octanol–water partition coefficient (Wildman–Crippen LogP) is 1.62. The minimum Gasteiger partial charge on any atom is -0.301 e. The van der Waals surface area contributed by atoms with Gasteiger partial charge in [0, 0.05) is 32.1 Å². The minimum atomic E-state index is -0.642. The van der Waals surface area contributed by atoms with Crippen molar-refractivity contribution < 1.29 is 9.59 Å². The number of carbonyl (C=O) groups is 2. The Kier molecular flexibility index (Phi) is 6.03. The quantitative estimate of drug-likeness (QED) is 0.734. The summed E-state index contributed by atoms with van der Waals surface area (Å²) >= 11 is 0. The number of nitrogens with one attached hydrogen (secondary N) is 1. The summed E-state index contributed by atoms with van der Waals surface area (Å²) in [6.07, 6.45) is 2.94. The average Bonchev–Trinajstić information content (AvgIpc) is 2.98. The van der Waals surface area contributed by atoms with Crippen molar-refractivity contribution in [3.8, 4) is 0 Å². The summed E-state index contributed by atoms with van der Waals surface area (Å²) < 4.78 is 3.14. The molecule has 2 aromatic rings. The zero-order chi connectivity index (χ0) is 22.3. The Labute approximate surface area is 182 Å². The first-order valence-electron chi connectivity index (χ1n) is 11.2. The van der Waals surface area contributed by atoms with Gasteiger partial charge in [-0.05, 0) is 70.9 Å². The number of hydrogen-bond acceptors (Lipinski definition) is 5. The fourth-order valence-electron chi connectivity index (χ4n) is 4.90. The van der Waals surface area contributed by atoms with Gasteiger partial charge in [-0.25, -0.2) is 4.79 Å². The molecule has 1 aromatic heterocycles. The molecule has 4 rings (SSSR count). The van der Waals surface area contributed by atoms with E-state index in [9.17, 15) is 14.4 Å². The van der Waals surface area contributed by atoms with E-state index in [-0.39, 0.29) is 18.0 Å². The molecule has 1 N–H and O–H groups in total. The lowest BCUT2D eigenvalue weighted by molar-refractivity contribution is -0.135. The van der Waals surface area contributed by atoms with Gasteiger partial charge in [0.15, 0.2) is 0 Å². The second kappa shape index (κ2) is 8.59. The van der Waals surface area contributed by atoms with E-state index in [1.807, 2.05) is 6.07 Å². The number of benzene rings is 1. The minimum absolute atomic E-state index is 0.223. The van der Waals surface area contributed by atoms with E-state index < -0.39 is 11.9 Å². The van der Waals surface area contributed by atoms with Crippen molar-refractivity contribution in [2.75, 3.05) is 20.1 Å². The SMILES string of the molecule is CC(C)N(C)C1CCN(Cc2ccc3c(c2)n(C)c(=O)n3C2CCC(=O)NC2=O)CC1. The number of likely N-dealkylation sites (tertiary alicyclic amines) is 1. The molecular formula is C23H33N5O3. The van der Waals surface area contributed by atoms with Crippen LogP contribution in [0.2, 0.25) is 0 Å². The van der Waals surface area contributed by atoms with Crippen molar-refractivity contribution in [3.63, 3.8) is 0 Å². The summed E-state index contributed by atoms with van der Waals surface area (Å²) in [6.45, 7) is 7.47. The maximum Gasteiger partial charge on any atom is 0.329 e. The molecule has 2 aliphatic rings. The van der Waals surface area contributed by atoms with E-state index in [2.05, 4.69) is 48.1 Å². The Balaban J connectivity index is 1.52. The van der Waals surface area contributed by atoms with Crippen LogP contribution in [0.4, 0.5) is 0 Å². The van der Waals surface area contributed by atoms with Crippen LogP contribution < -0.4 is 11.0 Å². The van der Waals surface area contributed by atoms with Crippen molar-refractivity contribution in [2.24, 2.45) is 7.05 Å². The van der Waals surface area contributed by atoms with Crippen LogP contribution in [-0.2, 0) is 23.2 Å². The molecule has 3 heterocycles. The van der Waals surface area contributed by atoms with Crippen molar-refractivity contribution in [2.45, 2.75) is 64.2 Å². The second-order valence-corrected chi connectivity index (χ2v) is 9.27. The highest BCUT2D eigenvalue weighted by Crippen LogP contribution is 2.25. The Morgan fingerprint density at radius 3 is 2.45 bits per heavy atom. The highest BCUT2D eigenvalue weighted by atomic mass is 16.2. The molecule has 2 saturated heterocycles. The molecule has 168 valence electrons. The predicted molar refractivity (Wildman–Crippen MR) is 120 cm³/mol. The van der Waals surface area contributed by atoms with Crippen molar-refractivity contribution >= 4 is 22.8 Å². The van der Waals surface area contributed by atoms with Gasteiger partial charge < -0.3 is 4.90 Å². The number of imidazole rings is 1. The van der Waals surface area contributed by atoms with Crippen LogP contribution in [0.25, 0.3) is 11.0 Å². The van der Waals surface area contributed by atoms with Gasteiger partial charge in [-0.15, -0.1) is 0 Å². The van der Waals surface area contributed by atoms with Gasteiger partial charge in [-0.1, -0.05) is 6.07 Å². The third-order valence-corrected chi connectivity index (χ3v) is 7.03. The Morgan fingerprint density at radius 2 is 1.81 bits per heavy atom. The normalized spacial score (nSPS) is 21.4. The van der Waals surface area contributed by atoms with Gasteiger partial charge >= 0.3 is 5.69 Å². The molecule has 1 unspecified atom stereocenters. The average molecular weight is 428 g/mol. The summed E-state index contributed by atoms with van der Waals surface area (Å²) in [4.78, 5) is 41.7. The Hall–Kier alpha value is -2.45. The van der Waals surface area contributed by atoms with Gasteiger partial charge in [0.05, 0.1) is 11.0 Å². The summed E-state index contributed by atoms with van der Waals surface area (Å²) in [5, 5.41) is 2.36. The number of carbonyl (C=O) groups excluding carboxylic acids is 2. The fraction of sp³-hybridized carbons (Fsp3) is 0.609. The van der Waals surface area contributed by atoms with E-state index in [1.165, 1.54) is 23.0 Å². The van der Waals surface area contributed by atoms with Crippen LogP contribution in [0.3, 0.4) is 0 Å². The number of piperidine rings is 2. The van der Waals surface area contributed by atoms with E-state index in [0.717, 1.165) is 30.7 Å². The smallest absolute Gasteiger partial charge is 0.301 e. The summed E-state index contributed by atoms with van der Waals surface area (Å²) in [6, 6.07) is 6.62. The van der Waals surface area contributed by atoms with Crippen LogP contribution in [0.1, 0.15) is 51.1 Å². The van der Waals surface area contributed by atoms with Crippen LogP contribution in [0.5, 0.6) is 0 Å². The molecule has 1 atom stereocenters. The number of aromatic nitrogens is 2. The number of aryl methyl sites for hydroxylation is 1. The third kappa shape index (κ3) is 4.19. The molecule has 0 saturated carbocycles. The van der Waals surface area contributed by atoms with Crippen LogP contribution in [0.15, 0.2) is 23.0 Å². The molecule has 1 aromatic carbocycles. The van der Waals surface area contributed by atoms with E-state index in [4.69, 9.17) is 0 Å². The fourth-order valence-corrected chi connectivity index (χ4v) is 4.90. The number of nitrogens with zero attached hydrogens (tertiary/aromatic N) is 4. The number of amides is 2. The zero-order valence-electron chi connectivity index (χ0n) is 18.9. The maximum absolute atomic E-state index is 12.9. The van der Waals surface area contributed by atoms with Gasteiger partial charge in [-0.2, -0.15) is 0 Å². The second-order valence-electron chi connectivity index (χ2n) is 9.27. The molecular weight excluding hydrogens is 394 g/mol. The molecule has 0 aliphatic carbocycles. The first-order chi connectivity index (χ1) is 14.8. The number of rotatable bonds is 5. The van der Waals surface area contributed by atoms with Gasteiger partial charge in [0.2, 0.25) is 11.8 Å².